The van der Waals surface area contributed by atoms with Crippen LogP contribution < -0.4 is 11.4 Å². The molecule has 0 aromatic carbocycles. The van der Waals surface area contributed by atoms with Gasteiger partial charge in [-0.3, -0.25) is 4.57 Å². The number of imidazole rings is 1. The third kappa shape index (κ3) is 4.95. The summed E-state index contributed by atoms with van der Waals surface area (Å²) >= 11 is 1.77. The molecule has 10 nitrogen and oxygen atoms in total. The Morgan fingerprint density at radius 3 is 2.76 bits per heavy atom. The minimum Gasteiger partial charge on any atom is -0.382 e. The Labute approximate surface area is 196 Å². The molecule has 0 amide bonds. The Morgan fingerprint density at radius 1 is 1.12 bits per heavy atom. The van der Waals surface area contributed by atoms with Crippen molar-refractivity contribution in [2.45, 2.75) is 69.3 Å². The first-order valence-corrected chi connectivity index (χ1v) is 12.5. The standard InChI is InChI=1S/C22H27N9OS/c23-20-17(12-31(22(32)26-20)19-9-5-11-33-19)8-4-10-29-13-18(14-30-15-24-27-28-30)25-21(29)16-6-2-1-3-7-16/h12-13,15-16,19H,1-3,5-7,9-11,14H2,(H2,23,26,32). The molecule has 1 aliphatic heterocycles. The lowest BCUT2D eigenvalue weighted by Gasteiger charge is -2.21. The van der Waals surface area contributed by atoms with Gasteiger partial charge in [0.1, 0.15) is 18.0 Å². The lowest BCUT2D eigenvalue weighted by atomic mass is 9.88. The smallest absolute Gasteiger partial charge is 0.350 e. The molecule has 0 bridgehead atoms. The van der Waals surface area contributed by atoms with Crippen molar-refractivity contribution in [2.24, 2.45) is 0 Å². The van der Waals surface area contributed by atoms with Crippen LogP contribution in [0.1, 0.15) is 73.3 Å². The van der Waals surface area contributed by atoms with Gasteiger partial charge >= 0.3 is 5.69 Å². The van der Waals surface area contributed by atoms with Gasteiger partial charge in [-0.25, -0.2) is 14.5 Å². The molecule has 0 radical (unpaired) electrons. The van der Waals surface area contributed by atoms with E-state index < -0.39 is 0 Å². The molecule has 1 aliphatic carbocycles. The van der Waals surface area contributed by atoms with Crippen LogP contribution >= 0.6 is 11.8 Å². The maximum absolute atomic E-state index is 12.3. The summed E-state index contributed by atoms with van der Waals surface area (Å²) < 4.78 is 5.47. The van der Waals surface area contributed by atoms with E-state index in [4.69, 9.17) is 10.7 Å². The van der Waals surface area contributed by atoms with Crippen molar-refractivity contribution < 1.29 is 0 Å². The summed E-state index contributed by atoms with van der Waals surface area (Å²) in [6, 6.07) is 0. The van der Waals surface area contributed by atoms with Crippen LogP contribution in [-0.2, 0) is 13.1 Å². The van der Waals surface area contributed by atoms with Crippen molar-refractivity contribution in [3.8, 4) is 11.8 Å². The first-order valence-electron chi connectivity index (χ1n) is 11.4. The molecule has 2 fully saturated rings. The van der Waals surface area contributed by atoms with Crippen LogP contribution in [0.3, 0.4) is 0 Å². The molecule has 0 spiro atoms. The van der Waals surface area contributed by atoms with Crippen LogP contribution in [0.4, 0.5) is 5.82 Å². The van der Waals surface area contributed by atoms with Gasteiger partial charge in [0, 0.05) is 18.3 Å². The zero-order valence-electron chi connectivity index (χ0n) is 18.4. The van der Waals surface area contributed by atoms with Gasteiger partial charge in [-0.2, -0.15) is 4.98 Å². The largest absolute Gasteiger partial charge is 0.382 e. The number of rotatable bonds is 5. The highest BCUT2D eigenvalue weighted by Crippen LogP contribution is 2.34. The molecule has 172 valence electrons. The van der Waals surface area contributed by atoms with Crippen LogP contribution in [-0.4, -0.2) is 45.1 Å². The number of aromatic nitrogens is 8. The van der Waals surface area contributed by atoms with Crippen LogP contribution in [0.25, 0.3) is 0 Å². The summed E-state index contributed by atoms with van der Waals surface area (Å²) in [4.78, 5) is 21.2. The quantitative estimate of drug-likeness (QED) is 0.569. The normalized spacial score (nSPS) is 18.8. The lowest BCUT2D eigenvalue weighted by molar-refractivity contribution is 0.419. The molecule has 3 aromatic rings. The van der Waals surface area contributed by atoms with Gasteiger partial charge in [0.15, 0.2) is 0 Å². The zero-order valence-corrected chi connectivity index (χ0v) is 19.2. The van der Waals surface area contributed by atoms with E-state index in [0.717, 1.165) is 43.0 Å². The molecular weight excluding hydrogens is 438 g/mol. The van der Waals surface area contributed by atoms with Crippen LogP contribution in [0.5, 0.6) is 0 Å². The number of nitrogens with two attached hydrogens (primary N) is 1. The Balaban J connectivity index is 1.39. The highest BCUT2D eigenvalue weighted by atomic mass is 32.2. The van der Waals surface area contributed by atoms with Gasteiger partial charge in [0.2, 0.25) is 0 Å². The van der Waals surface area contributed by atoms with Crippen LogP contribution in [0.15, 0.2) is 23.5 Å². The fourth-order valence-corrected chi connectivity index (χ4v) is 5.83. The first-order chi connectivity index (χ1) is 16.2. The topological polar surface area (TPSA) is 122 Å². The Kier molecular flexibility index (Phi) is 6.44. The molecule has 33 heavy (non-hydrogen) atoms. The minimum absolute atomic E-state index is 0.117. The number of tetrazole rings is 1. The Morgan fingerprint density at radius 2 is 2.00 bits per heavy atom. The summed E-state index contributed by atoms with van der Waals surface area (Å²) in [5.74, 6) is 9.13. The summed E-state index contributed by atoms with van der Waals surface area (Å²) in [5.41, 5.74) is 7.22. The molecule has 1 atom stereocenters. The number of nitrogens with zero attached hydrogens (tertiary/aromatic N) is 8. The van der Waals surface area contributed by atoms with Crippen molar-refractivity contribution in [2.75, 3.05) is 11.5 Å². The van der Waals surface area contributed by atoms with Crippen molar-refractivity contribution in [1.82, 2.24) is 39.3 Å². The summed E-state index contributed by atoms with van der Waals surface area (Å²) in [6.07, 6.45) is 13.5. The van der Waals surface area contributed by atoms with Gasteiger partial charge in [0.25, 0.3) is 0 Å². The molecule has 5 rings (SSSR count). The molecule has 1 saturated carbocycles. The Hall–Kier alpha value is -3.13. The average molecular weight is 466 g/mol. The number of thioether (sulfide) groups is 1. The molecule has 4 heterocycles. The second-order valence-corrected chi connectivity index (χ2v) is 9.85. The molecule has 3 aromatic heterocycles. The molecule has 1 unspecified atom stereocenters. The van der Waals surface area contributed by atoms with Gasteiger partial charge in [0.05, 0.1) is 29.7 Å². The SMILES string of the molecule is Nc1nc(=O)n(C2CCCS2)cc1C#CCn1cc(Cn2cnnn2)nc1C1CCCCC1. The number of anilines is 1. The van der Waals surface area contributed by atoms with Gasteiger partial charge in [-0.15, -0.1) is 16.9 Å². The van der Waals surface area contributed by atoms with Gasteiger partial charge in [-0.05, 0) is 41.9 Å². The number of hydrogen-bond donors (Lipinski definition) is 1. The number of hydrogen-bond acceptors (Lipinski definition) is 8. The second-order valence-electron chi connectivity index (χ2n) is 8.56. The lowest BCUT2D eigenvalue weighted by Crippen LogP contribution is -2.26. The fourth-order valence-electron chi connectivity index (χ4n) is 4.58. The molecule has 11 heteroatoms. The van der Waals surface area contributed by atoms with E-state index in [1.807, 2.05) is 6.20 Å². The predicted molar refractivity (Wildman–Crippen MR) is 125 cm³/mol. The van der Waals surface area contributed by atoms with E-state index in [1.165, 1.54) is 19.3 Å². The third-order valence-electron chi connectivity index (χ3n) is 6.21. The fraction of sp³-hybridized carbons (Fsp3) is 0.545. The van der Waals surface area contributed by atoms with Crippen molar-refractivity contribution in [3.05, 3.63) is 46.3 Å². The van der Waals surface area contributed by atoms with Crippen molar-refractivity contribution in [1.29, 1.82) is 0 Å². The molecule has 2 N–H and O–H groups in total. The maximum atomic E-state index is 12.3. The van der Waals surface area contributed by atoms with Crippen LogP contribution in [0.2, 0.25) is 0 Å². The molecule has 1 saturated heterocycles. The highest BCUT2D eigenvalue weighted by molar-refractivity contribution is 7.99. The monoisotopic (exact) mass is 465 g/mol. The van der Waals surface area contributed by atoms with E-state index in [9.17, 15) is 4.79 Å². The summed E-state index contributed by atoms with van der Waals surface area (Å²) in [6.45, 7) is 1.01. The van der Waals surface area contributed by atoms with E-state index >= 15 is 0 Å². The summed E-state index contributed by atoms with van der Waals surface area (Å²) in [5, 5.41) is 11.5. The highest BCUT2D eigenvalue weighted by Gasteiger charge is 2.22. The van der Waals surface area contributed by atoms with E-state index in [-0.39, 0.29) is 16.9 Å². The van der Waals surface area contributed by atoms with Crippen LogP contribution in [0, 0.1) is 11.8 Å². The third-order valence-corrected chi connectivity index (χ3v) is 7.58. The molecule has 2 aliphatic rings. The van der Waals surface area contributed by atoms with Crippen molar-refractivity contribution >= 4 is 17.6 Å². The first kappa shape index (κ1) is 21.7. The van der Waals surface area contributed by atoms with E-state index in [1.54, 1.807) is 33.5 Å². The van der Waals surface area contributed by atoms with Gasteiger partial charge < -0.3 is 10.3 Å². The van der Waals surface area contributed by atoms with E-state index in [0.29, 0.717) is 24.6 Å². The average Bonchev–Trinajstić information content (AvgIpc) is 3.59. The van der Waals surface area contributed by atoms with Crippen molar-refractivity contribution in [3.63, 3.8) is 0 Å². The van der Waals surface area contributed by atoms with Gasteiger partial charge in [-0.1, -0.05) is 31.1 Å². The predicted octanol–water partition coefficient (Wildman–Crippen LogP) is 2.18. The maximum Gasteiger partial charge on any atom is 0.350 e. The van der Waals surface area contributed by atoms with E-state index in [2.05, 4.69) is 36.9 Å². The number of nitrogen functional groups attached to an aromatic ring is 1. The Bertz CT molecular complexity index is 1210. The zero-order chi connectivity index (χ0) is 22.6. The molecular formula is C22H27N9OS. The summed E-state index contributed by atoms with van der Waals surface area (Å²) in [7, 11) is 0. The second kappa shape index (κ2) is 9.79. The minimum atomic E-state index is -0.307.